The van der Waals surface area contributed by atoms with Gasteiger partial charge in [-0.15, -0.1) is 0 Å². The molecule has 2 fully saturated rings. The predicted molar refractivity (Wildman–Crippen MR) is 76.7 cm³/mol. The Morgan fingerprint density at radius 1 is 1.18 bits per heavy atom. The first-order valence-electron chi connectivity index (χ1n) is 7.19. The van der Waals surface area contributed by atoms with Crippen molar-refractivity contribution in [1.29, 1.82) is 0 Å². The molecule has 1 aromatic rings. The molecule has 7 heteroatoms. The van der Waals surface area contributed by atoms with Gasteiger partial charge in [-0.3, -0.25) is 14.5 Å². The largest absolute Gasteiger partial charge is 0.378 e. The van der Waals surface area contributed by atoms with Gasteiger partial charge in [-0.25, -0.2) is 4.79 Å². The molecule has 2 aliphatic heterocycles. The highest BCUT2D eigenvalue weighted by molar-refractivity contribution is 6.15. The third-order valence-corrected chi connectivity index (χ3v) is 3.78. The maximum absolute atomic E-state index is 12.4. The van der Waals surface area contributed by atoms with Crippen LogP contribution < -0.4 is 5.32 Å². The summed E-state index contributed by atoms with van der Waals surface area (Å²) in [6, 6.07) is 7.55. The van der Waals surface area contributed by atoms with Crippen LogP contribution in [-0.2, 0) is 20.9 Å². The molecule has 1 aromatic carbocycles. The van der Waals surface area contributed by atoms with Crippen molar-refractivity contribution in [3.63, 3.8) is 0 Å². The lowest BCUT2D eigenvalue weighted by Crippen LogP contribution is -2.51. The highest BCUT2D eigenvalue weighted by atomic mass is 16.5. The van der Waals surface area contributed by atoms with Gasteiger partial charge in [0.1, 0.15) is 0 Å². The van der Waals surface area contributed by atoms with Crippen LogP contribution in [0.4, 0.5) is 4.79 Å². The monoisotopic (exact) mass is 303 g/mol. The summed E-state index contributed by atoms with van der Waals surface area (Å²) >= 11 is 0. The average Bonchev–Trinajstić information content (AvgIpc) is 2.84. The Morgan fingerprint density at radius 2 is 1.86 bits per heavy atom. The van der Waals surface area contributed by atoms with Crippen molar-refractivity contribution in [1.82, 2.24) is 15.1 Å². The summed E-state index contributed by atoms with van der Waals surface area (Å²) in [7, 11) is 0. The summed E-state index contributed by atoms with van der Waals surface area (Å²) in [5, 5.41) is 2.48. The van der Waals surface area contributed by atoms with Crippen LogP contribution in [-0.4, -0.2) is 60.0 Å². The predicted octanol–water partition coefficient (Wildman–Crippen LogP) is -0.0342. The molecule has 0 bridgehead atoms. The number of carbonyl (C=O) groups is 3. The van der Waals surface area contributed by atoms with E-state index in [9.17, 15) is 14.4 Å². The van der Waals surface area contributed by atoms with E-state index in [4.69, 9.17) is 4.74 Å². The molecular weight excluding hydrogens is 286 g/mol. The molecule has 116 valence electrons. The van der Waals surface area contributed by atoms with E-state index >= 15 is 0 Å². The number of nitrogens with zero attached hydrogens (tertiary/aromatic N) is 2. The molecule has 1 N–H and O–H groups in total. The first kappa shape index (κ1) is 14.5. The fourth-order valence-electron chi connectivity index (χ4n) is 2.57. The van der Waals surface area contributed by atoms with Crippen LogP contribution in [0, 0.1) is 0 Å². The summed E-state index contributed by atoms with van der Waals surface area (Å²) in [5.41, 5.74) is 0.838. The number of urea groups is 1. The fourth-order valence-corrected chi connectivity index (χ4v) is 2.57. The highest BCUT2D eigenvalue weighted by Crippen LogP contribution is 2.14. The zero-order valence-electron chi connectivity index (χ0n) is 12.0. The zero-order valence-corrected chi connectivity index (χ0v) is 12.0. The van der Waals surface area contributed by atoms with E-state index in [0.717, 1.165) is 10.5 Å². The minimum atomic E-state index is -1.12. The molecule has 2 heterocycles. The second-order valence-electron chi connectivity index (χ2n) is 5.23. The van der Waals surface area contributed by atoms with Gasteiger partial charge >= 0.3 is 6.03 Å². The molecule has 0 spiro atoms. The molecule has 0 radical (unpaired) electrons. The van der Waals surface area contributed by atoms with Gasteiger partial charge in [0.15, 0.2) is 6.04 Å². The van der Waals surface area contributed by atoms with Gasteiger partial charge in [-0.1, -0.05) is 30.3 Å². The molecule has 1 unspecified atom stereocenters. The number of nitrogens with one attached hydrogen (secondary N) is 1. The number of hydrogen-bond donors (Lipinski definition) is 1. The Hall–Kier alpha value is -2.41. The van der Waals surface area contributed by atoms with Crippen LogP contribution in [0.3, 0.4) is 0 Å². The maximum atomic E-state index is 12.4. The topological polar surface area (TPSA) is 79.0 Å². The van der Waals surface area contributed by atoms with Gasteiger partial charge in [0.05, 0.1) is 19.8 Å². The normalized spacial score (nSPS) is 21.9. The molecule has 0 aromatic heterocycles. The number of ether oxygens (including phenoxy) is 1. The molecule has 1 atom stereocenters. The van der Waals surface area contributed by atoms with Crippen LogP contribution in [0.15, 0.2) is 30.3 Å². The van der Waals surface area contributed by atoms with Crippen molar-refractivity contribution in [2.45, 2.75) is 12.6 Å². The third-order valence-electron chi connectivity index (χ3n) is 3.78. The van der Waals surface area contributed by atoms with E-state index in [2.05, 4.69) is 5.32 Å². The highest BCUT2D eigenvalue weighted by Gasteiger charge is 2.44. The number of benzene rings is 1. The van der Waals surface area contributed by atoms with Crippen molar-refractivity contribution >= 4 is 17.8 Å². The second-order valence-corrected chi connectivity index (χ2v) is 5.23. The SMILES string of the molecule is O=C(C1NC(=O)N(Cc2ccccc2)C1=O)N1CCOCC1. The number of morpholine rings is 1. The van der Waals surface area contributed by atoms with Gasteiger partial charge in [0.2, 0.25) is 0 Å². The molecule has 22 heavy (non-hydrogen) atoms. The first-order valence-corrected chi connectivity index (χ1v) is 7.19. The van der Waals surface area contributed by atoms with Crippen molar-refractivity contribution in [2.24, 2.45) is 0 Å². The molecule has 2 aliphatic rings. The van der Waals surface area contributed by atoms with Crippen LogP contribution in [0.5, 0.6) is 0 Å². The lowest BCUT2D eigenvalue weighted by molar-refractivity contribution is -0.142. The van der Waals surface area contributed by atoms with Gasteiger partial charge < -0.3 is 15.0 Å². The summed E-state index contributed by atoms with van der Waals surface area (Å²) in [6.07, 6.45) is 0. The van der Waals surface area contributed by atoms with Crippen LogP contribution in [0.2, 0.25) is 0 Å². The molecule has 7 nitrogen and oxygen atoms in total. The van der Waals surface area contributed by atoms with Crippen LogP contribution >= 0.6 is 0 Å². The number of imide groups is 1. The van der Waals surface area contributed by atoms with Crippen molar-refractivity contribution in [3.05, 3.63) is 35.9 Å². The Labute approximate surface area is 127 Å². The Balaban J connectivity index is 1.69. The number of rotatable bonds is 3. The van der Waals surface area contributed by atoms with Crippen molar-refractivity contribution in [3.8, 4) is 0 Å². The quantitative estimate of drug-likeness (QED) is 0.628. The van der Waals surface area contributed by atoms with Crippen molar-refractivity contribution < 1.29 is 19.1 Å². The smallest absolute Gasteiger partial charge is 0.325 e. The Morgan fingerprint density at radius 3 is 2.55 bits per heavy atom. The van der Waals surface area contributed by atoms with Gasteiger partial charge in [-0.05, 0) is 5.56 Å². The van der Waals surface area contributed by atoms with E-state index in [1.54, 1.807) is 4.90 Å². The Kier molecular flexibility index (Phi) is 4.06. The van der Waals surface area contributed by atoms with Crippen LogP contribution in [0.25, 0.3) is 0 Å². The molecule has 0 aliphatic carbocycles. The van der Waals surface area contributed by atoms with E-state index in [1.165, 1.54) is 0 Å². The van der Waals surface area contributed by atoms with Crippen molar-refractivity contribution in [2.75, 3.05) is 26.3 Å². The number of carbonyl (C=O) groups excluding carboxylic acids is 3. The average molecular weight is 303 g/mol. The lowest BCUT2D eigenvalue weighted by atomic mass is 10.2. The van der Waals surface area contributed by atoms with Gasteiger partial charge in [-0.2, -0.15) is 0 Å². The van der Waals surface area contributed by atoms with Gasteiger partial charge in [0.25, 0.3) is 11.8 Å². The summed E-state index contributed by atoms with van der Waals surface area (Å²) < 4.78 is 5.18. The fraction of sp³-hybridized carbons (Fsp3) is 0.400. The summed E-state index contributed by atoms with van der Waals surface area (Å²) in [4.78, 5) is 39.4. The maximum Gasteiger partial charge on any atom is 0.325 e. The first-order chi connectivity index (χ1) is 10.7. The minimum absolute atomic E-state index is 0.165. The summed E-state index contributed by atoms with van der Waals surface area (Å²) in [5.74, 6) is -0.859. The third kappa shape index (κ3) is 2.80. The Bertz CT molecular complexity index is 584. The molecular formula is C15H17N3O4. The lowest BCUT2D eigenvalue weighted by Gasteiger charge is -2.28. The molecule has 2 saturated heterocycles. The molecule has 0 saturated carbocycles. The summed E-state index contributed by atoms with van der Waals surface area (Å²) in [6.45, 7) is 1.95. The van der Waals surface area contributed by atoms with E-state index in [0.29, 0.717) is 26.3 Å². The standard InChI is InChI=1S/C15H17N3O4/c19-13(17-6-8-22-9-7-17)12-14(20)18(15(21)16-12)10-11-4-2-1-3-5-11/h1-5,12H,6-10H2,(H,16,21). The zero-order chi connectivity index (χ0) is 15.5. The minimum Gasteiger partial charge on any atom is -0.378 e. The molecule has 3 rings (SSSR count). The van der Waals surface area contributed by atoms with E-state index in [-0.39, 0.29) is 12.5 Å². The number of hydrogen-bond acceptors (Lipinski definition) is 4. The molecule has 4 amide bonds. The van der Waals surface area contributed by atoms with Crippen LogP contribution in [0.1, 0.15) is 5.56 Å². The second kappa shape index (κ2) is 6.15. The number of amides is 4. The van der Waals surface area contributed by atoms with E-state index < -0.39 is 18.0 Å². The van der Waals surface area contributed by atoms with E-state index in [1.807, 2.05) is 30.3 Å². The van der Waals surface area contributed by atoms with Gasteiger partial charge in [0, 0.05) is 13.1 Å².